The van der Waals surface area contributed by atoms with E-state index in [4.69, 9.17) is 14.2 Å². The molecular formula is C35H32O4P+. The summed E-state index contributed by atoms with van der Waals surface area (Å²) >= 11 is 0. The van der Waals surface area contributed by atoms with Crippen molar-refractivity contribution in [1.82, 2.24) is 0 Å². The van der Waals surface area contributed by atoms with Crippen LogP contribution in [0.1, 0.15) is 15.9 Å². The van der Waals surface area contributed by atoms with Crippen molar-refractivity contribution in [1.29, 1.82) is 0 Å². The molecular weight excluding hydrogens is 515 g/mol. The number of hydrogen-bond donors (Lipinski definition) is 0. The highest BCUT2D eigenvalue weighted by atomic mass is 31.2. The molecule has 4 nitrogen and oxygen atoms in total. The summed E-state index contributed by atoms with van der Waals surface area (Å²) in [6.45, 7) is 0. The number of rotatable bonds is 9. The summed E-state index contributed by atoms with van der Waals surface area (Å²) in [6.07, 6.45) is 0.763. The largest absolute Gasteiger partial charge is 0.497 e. The lowest BCUT2D eigenvalue weighted by molar-refractivity contribution is 0.0600. The molecule has 0 bridgehead atoms. The molecule has 5 aromatic carbocycles. The third kappa shape index (κ3) is 5.23. The van der Waals surface area contributed by atoms with Crippen molar-refractivity contribution in [3.05, 3.63) is 139 Å². The maximum absolute atomic E-state index is 12.2. The van der Waals surface area contributed by atoms with E-state index in [0.29, 0.717) is 11.3 Å². The number of methoxy groups -OCH3 is 3. The van der Waals surface area contributed by atoms with Crippen molar-refractivity contribution in [2.75, 3.05) is 21.3 Å². The number of ether oxygens (including phenoxy) is 3. The summed E-state index contributed by atoms with van der Waals surface area (Å²) in [5.74, 6) is 0.996. The molecule has 0 radical (unpaired) electrons. The van der Waals surface area contributed by atoms with E-state index in [2.05, 4.69) is 103 Å². The number of esters is 1. The molecule has 5 rings (SSSR count). The lowest BCUT2D eigenvalue weighted by atomic mass is 9.98. The van der Waals surface area contributed by atoms with Crippen LogP contribution in [0.3, 0.4) is 0 Å². The Balaban J connectivity index is 1.78. The van der Waals surface area contributed by atoms with Gasteiger partial charge in [-0.05, 0) is 72.3 Å². The number of benzene rings is 5. The first-order valence-corrected chi connectivity index (χ1v) is 15.1. The zero-order valence-electron chi connectivity index (χ0n) is 22.9. The van der Waals surface area contributed by atoms with Gasteiger partial charge in [0.05, 0.1) is 33.1 Å². The Bertz CT molecular complexity index is 1490. The summed E-state index contributed by atoms with van der Waals surface area (Å²) in [7, 11) is 2.52. The molecule has 0 fully saturated rings. The van der Waals surface area contributed by atoms with Crippen LogP contribution in [0.25, 0.3) is 11.1 Å². The van der Waals surface area contributed by atoms with Gasteiger partial charge >= 0.3 is 5.97 Å². The van der Waals surface area contributed by atoms with Gasteiger partial charge in [-0.2, -0.15) is 0 Å². The minimum atomic E-state index is -2.18. The monoisotopic (exact) mass is 547 g/mol. The van der Waals surface area contributed by atoms with Crippen LogP contribution in [0, 0.1) is 0 Å². The molecule has 0 saturated heterocycles. The van der Waals surface area contributed by atoms with Crippen LogP contribution in [-0.4, -0.2) is 27.3 Å². The van der Waals surface area contributed by atoms with Crippen LogP contribution in [0.15, 0.2) is 127 Å². The molecule has 0 amide bonds. The number of carbonyl (C=O) groups excluding carboxylic acids is 1. The Labute approximate surface area is 236 Å². The molecule has 0 saturated carbocycles. The van der Waals surface area contributed by atoms with Crippen LogP contribution in [0.4, 0.5) is 0 Å². The number of hydrogen-bond acceptors (Lipinski definition) is 4. The molecule has 0 spiro atoms. The van der Waals surface area contributed by atoms with E-state index >= 15 is 0 Å². The van der Waals surface area contributed by atoms with Crippen LogP contribution in [0.5, 0.6) is 11.5 Å². The summed E-state index contributed by atoms with van der Waals surface area (Å²) < 4.78 is 16.5. The highest BCUT2D eigenvalue weighted by Gasteiger charge is 2.46. The van der Waals surface area contributed by atoms with E-state index in [1.807, 2.05) is 12.1 Å². The van der Waals surface area contributed by atoms with E-state index in [-0.39, 0.29) is 0 Å². The Morgan fingerprint density at radius 2 is 1.12 bits per heavy atom. The van der Waals surface area contributed by atoms with Crippen LogP contribution >= 0.6 is 7.26 Å². The predicted molar refractivity (Wildman–Crippen MR) is 165 cm³/mol. The van der Waals surface area contributed by atoms with Crippen LogP contribution < -0.4 is 25.4 Å². The Kier molecular flexibility index (Phi) is 8.28. The van der Waals surface area contributed by atoms with Gasteiger partial charge in [0.15, 0.2) is 0 Å². The van der Waals surface area contributed by atoms with Gasteiger partial charge in [-0.15, -0.1) is 0 Å². The van der Waals surface area contributed by atoms with Gasteiger partial charge in [0.2, 0.25) is 0 Å². The van der Waals surface area contributed by atoms with E-state index in [1.54, 1.807) is 26.4 Å². The van der Waals surface area contributed by atoms with Gasteiger partial charge in [-0.1, -0.05) is 60.7 Å². The summed E-state index contributed by atoms with van der Waals surface area (Å²) in [5.41, 5.74) is 3.51. The van der Waals surface area contributed by atoms with E-state index in [1.165, 1.54) is 23.0 Å². The maximum Gasteiger partial charge on any atom is 0.337 e. The molecule has 5 heteroatoms. The smallest absolute Gasteiger partial charge is 0.337 e. The zero-order chi connectivity index (χ0) is 28.0. The van der Waals surface area contributed by atoms with E-state index < -0.39 is 13.2 Å². The van der Waals surface area contributed by atoms with Gasteiger partial charge in [0.25, 0.3) is 0 Å². The molecule has 5 aromatic rings. The third-order valence-electron chi connectivity index (χ3n) is 7.22. The molecule has 0 N–H and O–H groups in total. The first kappa shape index (κ1) is 27.2. The Morgan fingerprint density at radius 3 is 1.60 bits per heavy atom. The van der Waals surface area contributed by atoms with Crippen molar-refractivity contribution < 1.29 is 19.0 Å². The molecule has 0 aromatic heterocycles. The second-order valence-electron chi connectivity index (χ2n) is 9.40. The fourth-order valence-electron chi connectivity index (χ4n) is 5.27. The molecule has 0 unspecified atom stereocenters. The second kappa shape index (κ2) is 12.2. The molecule has 40 heavy (non-hydrogen) atoms. The van der Waals surface area contributed by atoms with Gasteiger partial charge in [0.1, 0.15) is 34.7 Å². The predicted octanol–water partition coefficient (Wildman–Crippen LogP) is 6.65. The quantitative estimate of drug-likeness (QED) is 0.153. The molecule has 0 aliphatic rings. The standard InChI is InChI=1S/C35H32O4P/c1-37-28-20-22-32(33-21-19-26(35(36)39-3)24-34(33)38-2)27(23-28)25-40(29-13-7-4-8-14-29,30-15-9-5-10-16-30)31-17-11-6-12-18-31/h4-24H,25H2,1-3H3/q+1. The molecule has 200 valence electrons. The van der Waals surface area contributed by atoms with Crippen molar-refractivity contribution in [3.8, 4) is 22.6 Å². The highest BCUT2D eigenvalue weighted by Crippen LogP contribution is 2.59. The minimum Gasteiger partial charge on any atom is -0.497 e. The summed E-state index contributed by atoms with van der Waals surface area (Å²) in [4.78, 5) is 12.2. The lowest BCUT2D eigenvalue weighted by Gasteiger charge is -2.29. The van der Waals surface area contributed by atoms with Crippen molar-refractivity contribution in [2.24, 2.45) is 0 Å². The normalized spacial score (nSPS) is 11.1. The topological polar surface area (TPSA) is 44.8 Å². The zero-order valence-corrected chi connectivity index (χ0v) is 23.8. The summed E-state index contributed by atoms with van der Waals surface area (Å²) in [6, 6.07) is 44.1. The van der Waals surface area contributed by atoms with Gasteiger partial charge in [0, 0.05) is 11.1 Å². The Morgan fingerprint density at radius 1 is 0.600 bits per heavy atom. The van der Waals surface area contributed by atoms with Crippen LogP contribution in [-0.2, 0) is 10.9 Å². The first-order chi connectivity index (χ1) is 19.6. The highest BCUT2D eigenvalue weighted by molar-refractivity contribution is 7.95. The van der Waals surface area contributed by atoms with E-state index in [0.717, 1.165) is 28.6 Å². The minimum absolute atomic E-state index is 0.401. The number of carbonyl (C=O) groups is 1. The molecule has 0 aliphatic heterocycles. The van der Waals surface area contributed by atoms with Gasteiger partial charge < -0.3 is 14.2 Å². The van der Waals surface area contributed by atoms with Crippen molar-refractivity contribution in [3.63, 3.8) is 0 Å². The van der Waals surface area contributed by atoms with Crippen molar-refractivity contribution in [2.45, 2.75) is 6.16 Å². The summed E-state index contributed by atoms with van der Waals surface area (Å²) in [5, 5.41) is 3.90. The average molecular weight is 548 g/mol. The first-order valence-electron chi connectivity index (χ1n) is 13.1. The van der Waals surface area contributed by atoms with Gasteiger partial charge in [-0.3, -0.25) is 0 Å². The fourth-order valence-corrected chi connectivity index (χ4v) is 9.53. The SMILES string of the molecule is COC(=O)c1ccc(-c2ccc(OC)cc2C[P+](c2ccccc2)(c2ccccc2)c2ccccc2)c(OC)c1. The molecule has 0 aliphatic carbocycles. The fraction of sp³-hybridized carbons (Fsp3) is 0.114. The van der Waals surface area contributed by atoms with Gasteiger partial charge in [-0.25, -0.2) is 4.79 Å². The molecule has 0 heterocycles. The molecule has 0 atom stereocenters. The Hall–Kier alpha value is -4.40. The third-order valence-corrected chi connectivity index (χ3v) is 11.6. The van der Waals surface area contributed by atoms with Crippen molar-refractivity contribution >= 4 is 29.1 Å². The second-order valence-corrected chi connectivity index (χ2v) is 12.9. The van der Waals surface area contributed by atoms with E-state index in [9.17, 15) is 4.79 Å². The van der Waals surface area contributed by atoms with Crippen LogP contribution in [0.2, 0.25) is 0 Å². The maximum atomic E-state index is 12.2. The lowest BCUT2D eigenvalue weighted by Crippen LogP contribution is -2.32. The average Bonchev–Trinajstić information content (AvgIpc) is 3.04.